The molecule has 1 aromatic carbocycles. The maximum atomic E-state index is 12.5. The lowest BCUT2D eigenvalue weighted by atomic mass is 10.0. The fourth-order valence-electron chi connectivity index (χ4n) is 3.03. The minimum Gasteiger partial charge on any atom is -0.381 e. The molecule has 1 N–H and O–H groups in total. The Morgan fingerprint density at radius 3 is 3.13 bits per heavy atom. The molecule has 3 rings (SSSR count). The van der Waals surface area contributed by atoms with Gasteiger partial charge in [0.2, 0.25) is 0 Å². The second kappa shape index (κ2) is 7.28. The van der Waals surface area contributed by atoms with Crippen LogP contribution >= 0.6 is 11.6 Å². The average molecular weight is 333 g/mol. The van der Waals surface area contributed by atoms with Crippen LogP contribution in [-0.4, -0.2) is 30.6 Å². The Balaban J connectivity index is 1.67. The average Bonchev–Trinajstić information content (AvgIpc) is 3.05. The number of amides is 1. The van der Waals surface area contributed by atoms with Crippen molar-refractivity contribution in [2.75, 3.05) is 19.8 Å². The van der Waals surface area contributed by atoms with E-state index in [2.05, 4.69) is 10.3 Å². The molecule has 23 heavy (non-hydrogen) atoms. The maximum Gasteiger partial charge on any atom is 0.252 e. The molecular formula is C18H21ClN2O2. The third kappa shape index (κ3) is 3.82. The van der Waals surface area contributed by atoms with Gasteiger partial charge >= 0.3 is 0 Å². The van der Waals surface area contributed by atoms with Crippen LogP contribution in [0.15, 0.2) is 24.3 Å². The van der Waals surface area contributed by atoms with Gasteiger partial charge in [0, 0.05) is 30.8 Å². The summed E-state index contributed by atoms with van der Waals surface area (Å²) in [6.07, 6.45) is 3.21. The van der Waals surface area contributed by atoms with E-state index in [1.54, 1.807) is 6.07 Å². The van der Waals surface area contributed by atoms with E-state index in [4.69, 9.17) is 16.3 Å². The Morgan fingerprint density at radius 1 is 1.48 bits per heavy atom. The zero-order chi connectivity index (χ0) is 16.2. The van der Waals surface area contributed by atoms with Gasteiger partial charge in [-0.1, -0.05) is 23.7 Å². The first kappa shape index (κ1) is 16.2. The number of carbonyl (C=O) groups excluding carboxylic acids is 1. The van der Waals surface area contributed by atoms with E-state index in [1.165, 1.54) is 0 Å². The topological polar surface area (TPSA) is 51.2 Å². The van der Waals surface area contributed by atoms with Gasteiger partial charge < -0.3 is 10.1 Å². The van der Waals surface area contributed by atoms with Crippen molar-refractivity contribution in [2.45, 2.75) is 26.2 Å². The number of fused-ring (bicyclic) bond motifs is 1. The molecule has 1 aromatic heterocycles. The van der Waals surface area contributed by atoms with Gasteiger partial charge in [0.05, 0.1) is 16.1 Å². The van der Waals surface area contributed by atoms with E-state index >= 15 is 0 Å². The molecule has 0 spiro atoms. The summed E-state index contributed by atoms with van der Waals surface area (Å²) in [5.74, 6) is 0.583. The highest BCUT2D eigenvalue weighted by Gasteiger charge is 2.16. The highest BCUT2D eigenvalue weighted by molar-refractivity contribution is 6.35. The van der Waals surface area contributed by atoms with Crippen molar-refractivity contribution in [1.82, 2.24) is 10.3 Å². The predicted octanol–water partition coefficient (Wildman–Crippen LogP) is 3.74. The van der Waals surface area contributed by atoms with Crippen LogP contribution in [0.5, 0.6) is 0 Å². The molecule has 2 heterocycles. The molecule has 0 saturated carbocycles. The van der Waals surface area contributed by atoms with Gasteiger partial charge in [-0.2, -0.15) is 0 Å². The fraction of sp³-hybridized carbons (Fsp3) is 0.444. The molecule has 1 saturated heterocycles. The predicted molar refractivity (Wildman–Crippen MR) is 92.0 cm³/mol. The first-order valence-electron chi connectivity index (χ1n) is 8.07. The van der Waals surface area contributed by atoms with Crippen molar-refractivity contribution in [3.63, 3.8) is 0 Å². The Hall–Kier alpha value is -1.65. The van der Waals surface area contributed by atoms with Crippen LogP contribution in [-0.2, 0) is 4.74 Å². The molecule has 4 nitrogen and oxygen atoms in total. The number of ether oxygens (including phenoxy) is 1. The van der Waals surface area contributed by atoms with Crippen molar-refractivity contribution in [2.24, 2.45) is 5.92 Å². The van der Waals surface area contributed by atoms with E-state index in [1.807, 2.05) is 25.1 Å². The molecule has 0 bridgehead atoms. The first-order valence-corrected chi connectivity index (χ1v) is 8.45. The van der Waals surface area contributed by atoms with Crippen LogP contribution in [0.2, 0.25) is 5.02 Å². The third-order valence-electron chi connectivity index (χ3n) is 4.26. The minimum absolute atomic E-state index is 0.0644. The number of aryl methyl sites for hydroxylation is 1. The van der Waals surface area contributed by atoms with E-state index < -0.39 is 0 Å². The number of rotatable bonds is 5. The van der Waals surface area contributed by atoms with Crippen molar-refractivity contribution < 1.29 is 9.53 Å². The van der Waals surface area contributed by atoms with Gasteiger partial charge in [-0.25, -0.2) is 0 Å². The summed E-state index contributed by atoms with van der Waals surface area (Å²) >= 11 is 6.20. The maximum absolute atomic E-state index is 12.5. The van der Waals surface area contributed by atoms with E-state index in [0.717, 1.165) is 43.6 Å². The standard InChI is InChI=1S/C18H21ClN2O2/c1-12-10-15(14-5-2-6-16(19)17(14)21-12)18(22)20-8-3-4-13-7-9-23-11-13/h2,5-6,10,13H,3-4,7-9,11H2,1H3,(H,20,22)/t13-/m0/s1. The number of nitrogens with one attached hydrogen (secondary N) is 1. The van der Waals surface area contributed by atoms with Gasteiger partial charge in [-0.05, 0) is 44.2 Å². The molecule has 2 aromatic rings. The lowest BCUT2D eigenvalue weighted by Crippen LogP contribution is -2.25. The van der Waals surface area contributed by atoms with Gasteiger partial charge in [0.15, 0.2) is 0 Å². The van der Waals surface area contributed by atoms with Crippen LogP contribution in [0, 0.1) is 12.8 Å². The third-order valence-corrected chi connectivity index (χ3v) is 4.57. The number of nitrogens with zero attached hydrogens (tertiary/aromatic N) is 1. The van der Waals surface area contributed by atoms with Crippen LogP contribution in [0.4, 0.5) is 0 Å². The largest absolute Gasteiger partial charge is 0.381 e. The molecule has 1 amide bonds. The molecule has 1 aliphatic rings. The van der Waals surface area contributed by atoms with Gasteiger partial charge in [-0.15, -0.1) is 0 Å². The van der Waals surface area contributed by atoms with Gasteiger partial charge in [0.1, 0.15) is 0 Å². The summed E-state index contributed by atoms with van der Waals surface area (Å²) in [6, 6.07) is 7.34. The SMILES string of the molecule is Cc1cc(C(=O)NCCC[C@H]2CCOC2)c2cccc(Cl)c2n1. The highest BCUT2D eigenvalue weighted by Crippen LogP contribution is 2.25. The Labute approximate surface area is 141 Å². The van der Waals surface area contributed by atoms with Gasteiger partial charge in [0.25, 0.3) is 5.91 Å². The second-order valence-corrected chi connectivity index (χ2v) is 6.48. The van der Waals surface area contributed by atoms with Crippen LogP contribution in [0.3, 0.4) is 0 Å². The molecule has 0 aliphatic carbocycles. The van der Waals surface area contributed by atoms with Crippen LogP contribution < -0.4 is 5.32 Å². The van der Waals surface area contributed by atoms with E-state index in [0.29, 0.717) is 28.6 Å². The normalized spacial score (nSPS) is 17.6. The first-order chi connectivity index (χ1) is 11.1. The number of hydrogen-bond acceptors (Lipinski definition) is 3. The molecule has 5 heteroatoms. The molecule has 1 aliphatic heterocycles. The number of aromatic nitrogens is 1. The summed E-state index contributed by atoms with van der Waals surface area (Å²) in [5, 5.41) is 4.38. The summed E-state index contributed by atoms with van der Waals surface area (Å²) in [5.41, 5.74) is 2.11. The number of halogens is 1. The number of pyridine rings is 1. The summed E-state index contributed by atoms with van der Waals surface area (Å²) in [7, 11) is 0. The Morgan fingerprint density at radius 2 is 2.35 bits per heavy atom. The molecular weight excluding hydrogens is 312 g/mol. The van der Waals surface area contributed by atoms with Gasteiger partial charge in [-0.3, -0.25) is 9.78 Å². The monoisotopic (exact) mass is 332 g/mol. The smallest absolute Gasteiger partial charge is 0.252 e. The minimum atomic E-state index is -0.0644. The quantitative estimate of drug-likeness (QED) is 0.848. The molecule has 1 fully saturated rings. The van der Waals surface area contributed by atoms with E-state index in [9.17, 15) is 4.79 Å². The lowest BCUT2D eigenvalue weighted by molar-refractivity contribution is 0.0954. The molecule has 1 atom stereocenters. The van der Waals surface area contributed by atoms with Crippen LogP contribution in [0.25, 0.3) is 10.9 Å². The Kier molecular flexibility index (Phi) is 5.13. The summed E-state index contributed by atoms with van der Waals surface area (Å²) < 4.78 is 5.37. The second-order valence-electron chi connectivity index (χ2n) is 6.07. The summed E-state index contributed by atoms with van der Waals surface area (Å²) in [4.78, 5) is 17.0. The number of benzene rings is 1. The van der Waals surface area contributed by atoms with Crippen molar-refractivity contribution in [1.29, 1.82) is 0 Å². The number of para-hydroxylation sites is 1. The van der Waals surface area contributed by atoms with Crippen molar-refractivity contribution >= 4 is 28.4 Å². The molecule has 0 unspecified atom stereocenters. The summed E-state index contributed by atoms with van der Waals surface area (Å²) in [6.45, 7) is 4.29. The van der Waals surface area contributed by atoms with Crippen molar-refractivity contribution in [3.05, 3.63) is 40.5 Å². The van der Waals surface area contributed by atoms with Crippen molar-refractivity contribution in [3.8, 4) is 0 Å². The molecule has 122 valence electrons. The number of carbonyl (C=O) groups is 1. The van der Waals surface area contributed by atoms with Crippen LogP contribution in [0.1, 0.15) is 35.3 Å². The highest BCUT2D eigenvalue weighted by atomic mass is 35.5. The lowest BCUT2D eigenvalue weighted by Gasteiger charge is -2.11. The Bertz CT molecular complexity index is 711. The van der Waals surface area contributed by atoms with E-state index in [-0.39, 0.29) is 5.91 Å². The fourth-order valence-corrected chi connectivity index (χ4v) is 3.25. The molecule has 0 radical (unpaired) electrons. The zero-order valence-electron chi connectivity index (χ0n) is 13.3. The number of hydrogen-bond donors (Lipinski definition) is 1. The zero-order valence-corrected chi connectivity index (χ0v) is 14.0.